The van der Waals surface area contributed by atoms with E-state index < -0.39 is 5.82 Å². The Hall–Kier alpha value is -1.87. The number of aryl methyl sites for hydroxylation is 2. The standard InChI is InChI=1S/C16H15ClFNO/c1-10-6-7-12(8-11(10)2)9-15(20)19-14-5-3-4-13(17)16(14)18/h3-8H,9H2,1-2H3,(H,19,20). The second-order valence-corrected chi connectivity index (χ2v) is 5.15. The van der Waals surface area contributed by atoms with E-state index in [0.29, 0.717) is 0 Å². The molecule has 2 aromatic carbocycles. The predicted molar refractivity (Wildman–Crippen MR) is 79.7 cm³/mol. The lowest BCUT2D eigenvalue weighted by atomic mass is 10.0. The Morgan fingerprint density at radius 1 is 1.20 bits per heavy atom. The third-order valence-corrected chi connectivity index (χ3v) is 3.45. The van der Waals surface area contributed by atoms with Crippen LogP contribution in [0.15, 0.2) is 36.4 Å². The molecule has 0 aliphatic rings. The summed E-state index contributed by atoms with van der Waals surface area (Å²) in [6, 6.07) is 10.4. The smallest absolute Gasteiger partial charge is 0.228 e. The highest BCUT2D eigenvalue weighted by molar-refractivity contribution is 6.31. The fourth-order valence-electron chi connectivity index (χ4n) is 1.89. The van der Waals surface area contributed by atoms with Gasteiger partial charge in [0.05, 0.1) is 17.1 Å². The molecule has 0 radical (unpaired) electrons. The van der Waals surface area contributed by atoms with E-state index >= 15 is 0 Å². The van der Waals surface area contributed by atoms with Gasteiger partial charge in [0, 0.05) is 0 Å². The van der Waals surface area contributed by atoms with Gasteiger partial charge in [-0.05, 0) is 42.7 Å². The van der Waals surface area contributed by atoms with Gasteiger partial charge in [-0.25, -0.2) is 4.39 Å². The number of hydrogen-bond acceptors (Lipinski definition) is 1. The zero-order valence-corrected chi connectivity index (χ0v) is 12.1. The number of rotatable bonds is 3. The minimum Gasteiger partial charge on any atom is -0.323 e. The van der Waals surface area contributed by atoms with Crippen LogP contribution in [-0.4, -0.2) is 5.91 Å². The van der Waals surface area contributed by atoms with E-state index in [1.165, 1.54) is 17.7 Å². The molecule has 0 aliphatic heterocycles. The van der Waals surface area contributed by atoms with Crippen molar-refractivity contribution in [3.05, 3.63) is 63.9 Å². The van der Waals surface area contributed by atoms with Crippen molar-refractivity contribution in [2.24, 2.45) is 0 Å². The van der Waals surface area contributed by atoms with Gasteiger partial charge >= 0.3 is 0 Å². The molecule has 0 aromatic heterocycles. The molecule has 0 bridgehead atoms. The Morgan fingerprint density at radius 2 is 1.95 bits per heavy atom. The molecular formula is C16H15ClFNO. The van der Waals surface area contributed by atoms with Crippen LogP contribution >= 0.6 is 11.6 Å². The highest BCUT2D eigenvalue weighted by Gasteiger charge is 2.10. The lowest BCUT2D eigenvalue weighted by Gasteiger charge is -2.08. The van der Waals surface area contributed by atoms with Crippen LogP contribution < -0.4 is 5.32 Å². The second kappa shape index (κ2) is 6.06. The minimum absolute atomic E-state index is 0.00557. The summed E-state index contributed by atoms with van der Waals surface area (Å²) < 4.78 is 13.7. The molecule has 0 heterocycles. The van der Waals surface area contributed by atoms with E-state index in [1.54, 1.807) is 6.07 Å². The summed E-state index contributed by atoms with van der Waals surface area (Å²) in [6.45, 7) is 4.01. The maximum Gasteiger partial charge on any atom is 0.228 e. The SMILES string of the molecule is Cc1ccc(CC(=O)Nc2cccc(Cl)c2F)cc1C. The molecule has 0 atom stereocenters. The summed E-state index contributed by atoms with van der Waals surface area (Å²) in [7, 11) is 0. The van der Waals surface area contributed by atoms with Crippen molar-refractivity contribution in [1.82, 2.24) is 0 Å². The van der Waals surface area contributed by atoms with Gasteiger partial charge < -0.3 is 5.32 Å². The van der Waals surface area contributed by atoms with E-state index in [2.05, 4.69) is 5.32 Å². The highest BCUT2D eigenvalue weighted by Crippen LogP contribution is 2.22. The average molecular weight is 292 g/mol. The average Bonchev–Trinajstić information content (AvgIpc) is 2.39. The monoisotopic (exact) mass is 291 g/mol. The molecule has 2 rings (SSSR count). The third-order valence-electron chi connectivity index (χ3n) is 3.16. The summed E-state index contributed by atoms with van der Waals surface area (Å²) in [5, 5.41) is 2.53. The number of benzene rings is 2. The van der Waals surface area contributed by atoms with E-state index in [9.17, 15) is 9.18 Å². The molecule has 0 saturated carbocycles. The molecule has 0 unspecified atom stereocenters. The van der Waals surface area contributed by atoms with Gasteiger partial charge in [-0.15, -0.1) is 0 Å². The third kappa shape index (κ3) is 3.36. The van der Waals surface area contributed by atoms with Gasteiger partial charge in [0.15, 0.2) is 5.82 Å². The van der Waals surface area contributed by atoms with Crippen LogP contribution in [-0.2, 0) is 11.2 Å². The van der Waals surface area contributed by atoms with Gasteiger partial charge in [-0.2, -0.15) is 0 Å². The molecule has 4 heteroatoms. The van der Waals surface area contributed by atoms with E-state index in [4.69, 9.17) is 11.6 Å². The van der Waals surface area contributed by atoms with Crippen LogP contribution in [0.1, 0.15) is 16.7 Å². The number of carbonyl (C=O) groups is 1. The van der Waals surface area contributed by atoms with Crippen LogP contribution in [0, 0.1) is 19.7 Å². The van der Waals surface area contributed by atoms with Crippen molar-refractivity contribution >= 4 is 23.2 Å². The Kier molecular flexibility index (Phi) is 4.40. The van der Waals surface area contributed by atoms with E-state index in [-0.39, 0.29) is 23.0 Å². The molecule has 0 spiro atoms. The van der Waals surface area contributed by atoms with Crippen molar-refractivity contribution in [2.75, 3.05) is 5.32 Å². The maximum absolute atomic E-state index is 13.7. The molecule has 0 fully saturated rings. The molecule has 1 N–H and O–H groups in total. The zero-order chi connectivity index (χ0) is 14.7. The molecule has 2 aromatic rings. The van der Waals surface area contributed by atoms with Gasteiger partial charge in [-0.3, -0.25) is 4.79 Å². The first kappa shape index (κ1) is 14.5. The number of nitrogens with one attached hydrogen (secondary N) is 1. The topological polar surface area (TPSA) is 29.1 Å². The normalized spacial score (nSPS) is 10.4. The van der Waals surface area contributed by atoms with Crippen molar-refractivity contribution in [2.45, 2.75) is 20.3 Å². The lowest BCUT2D eigenvalue weighted by molar-refractivity contribution is -0.115. The van der Waals surface area contributed by atoms with Crippen LogP contribution in [0.2, 0.25) is 5.02 Å². The highest BCUT2D eigenvalue weighted by atomic mass is 35.5. The quantitative estimate of drug-likeness (QED) is 0.898. The molecule has 20 heavy (non-hydrogen) atoms. The van der Waals surface area contributed by atoms with E-state index in [1.807, 2.05) is 32.0 Å². The summed E-state index contributed by atoms with van der Waals surface area (Å²) in [5.74, 6) is -0.878. The lowest BCUT2D eigenvalue weighted by Crippen LogP contribution is -2.15. The Balaban J connectivity index is 2.09. The number of hydrogen-bond donors (Lipinski definition) is 1. The minimum atomic E-state index is -0.609. The largest absolute Gasteiger partial charge is 0.323 e. The summed E-state index contributed by atoms with van der Waals surface area (Å²) in [5.41, 5.74) is 3.30. The first-order valence-electron chi connectivity index (χ1n) is 6.27. The first-order chi connectivity index (χ1) is 9.47. The summed E-state index contributed by atoms with van der Waals surface area (Å²) in [6.07, 6.45) is 0.201. The van der Waals surface area contributed by atoms with Gasteiger partial charge in [0.2, 0.25) is 5.91 Å². The van der Waals surface area contributed by atoms with Crippen molar-refractivity contribution < 1.29 is 9.18 Å². The molecular weight excluding hydrogens is 277 g/mol. The Morgan fingerprint density at radius 3 is 2.65 bits per heavy atom. The second-order valence-electron chi connectivity index (χ2n) is 4.74. The molecule has 104 valence electrons. The summed E-state index contributed by atoms with van der Waals surface area (Å²) >= 11 is 5.67. The van der Waals surface area contributed by atoms with Crippen molar-refractivity contribution in [3.63, 3.8) is 0 Å². The summed E-state index contributed by atoms with van der Waals surface area (Å²) in [4.78, 5) is 11.9. The van der Waals surface area contributed by atoms with E-state index in [0.717, 1.165) is 11.1 Å². The van der Waals surface area contributed by atoms with Gasteiger partial charge in [0.25, 0.3) is 0 Å². The molecule has 0 aliphatic carbocycles. The van der Waals surface area contributed by atoms with Crippen molar-refractivity contribution in [3.8, 4) is 0 Å². The van der Waals surface area contributed by atoms with Crippen LogP contribution in [0.4, 0.5) is 10.1 Å². The predicted octanol–water partition coefficient (Wildman–Crippen LogP) is 4.28. The maximum atomic E-state index is 13.7. The fourth-order valence-corrected chi connectivity index (χ4v) is 2.07. The zero-order valence-electron chi connectivity index (χ0n) is 11.3. The Bertz CT molecular complexity index is 655. The van der Waals surface area contributed by atoms with Crippen LogP contribution in [0.3, 0.4) is 0 Å². The van der Waals surface area contributed by atoms with Crippen molar-refractivity contribution in [1.29, 1.82) is 0 Å². The number of amides is 1. The van der Waals surface area contributed by atoms with Crippen LogP contribution in [0.25, 0.3) is 0 Å². The fraction of sp³-hybridized carbons (Fsp3) is 0.188. The van der Waals surface area contributed by atoms with Gasteiger partial charge in [-0.1, -0.05) is 35.9 Å². The molecule has 0 saturated heterocycles. The number of carbonyl (C=O) groups excluding carboxylic acids is 1. The Labute approximate surface area is 122 Å². The molecule has 1 amide bonds. The first-order valence-corrected chi connectivity index (χ1v) is 6.65. The van der Waals surface area contributed by atoms with Gasteiger partial charge in [0.1, 0.15) is 0 Å². The molecule has 2 nitrogen and oxygen atoms in total. The number of anilines is 1. The van der Waals surface area contributed by atoms with Crippen LogP contribution in [0.5, 0.6) is 0 Å². The number of halogens is 2.